The Balaban J connectivity index is 1.66. The Kier molecular flexibility index (Phi) is 4.80. The molecule has 0 bridgehead atoms. The zero-order chi connectivity index (χ0) is 12.1. The fourth-order valence-corrected chi connectivity index (χ4v) is 2.71. The van der Waals surface area contributed by atoms with Crippen LogP contribution in [0.5, 0.6) is 0 Å². The molecule has 2 N–H and O–H groups in total. The molecule has 2 saturated heterocycles. The van der Waals surface area contributed by atoms with Crippen molar-refractivity contribution in [3.05, 3.63) is 0 Å². The van der Waals surface area contributed by atoms with Gasteiger partial charge in [0.05, 0.1) is 32.7 Å². The smallest absolute Gasteiger partial charge is 0.309 e. The molecule has 0 aromatic carbocycles. The molecule has 0 amide bonds. The van der Waals surface area contributed by atoms with Crippen LogP contribution < -0.4 is 10.2 Å². The summed E-state index contributed by atoms with van der Waals surface area (Å²) in [6.07, 6.45) is 4.28. The lowest BCUT2D eigenvalue weighted by atomic mass is 9.97. The van der Waals surface area contributed by atoms with E-state index in [-0.39, 0.29) is 11.9 Å². The number of ether oxygens (including phenoxy) is 1. The quantitative estimate of drug-likeness (QED) is 0.652. The molecule has 2 fully saturated rings. The lowest BCUT2D eigenvalue weighted by molar-refractivity contribution is -0.885. The molecule has 4 nitrogen and oxygen atoms in total. The predicted molar refractivity (Wildman–Crippen MR) is 65.9 cm³/mol. The molecule has 2 aliphatic rings. The fourth-order valence-electron chi connectivity index (χ4n) is 2.71. The maximum atomic E-state index is 11.9. The van der Waals surface area contributed by atoms with Gasteiger partial charge in [0.25, 0.3) is 0 Å². The maximum Gasteiger partial charge on any atom is 0.309 e. The third kappa shape index (κ3) is 3.96. The summed E-state index contributed by atoms with van der Waals surface area (Å²) in [7, 11) is 2.19. The van der Waals surface area contributed by atoms with Crippen LogP contribution in [0, 0.1) is 11.8 Å². The van der Waals surface area contributed by atoms with Crippen LogP contribution in [0.3, 0.4) is 0 Å². The van der Waals surface area contributed by atoms with E-state index in [4.69, 9.17) is 4.74 Å². The Morgan fingerprint density at radius 1 is 1.24 bits per heavy atom. The normalized spacial score (nSPS) is 31.1. The number of piperidine rings is 2. The Labute approximate surface area is 104 Å². The van der Waals surface area contributed by atoms with E-state index in [2.05, 4.69) is 12.4 Å². The minimum absolute atomic E-state index is 0.0519. The molecule has 2 rings (SSSR count). The van der Waals surface area contributed by atoms with Gasteiger partial charge in [-0.05, 0) is 31.8 Å². The predicted octanol–water partition coefficient (Wildman–Crippen LogP) is -0.546. The maximum absolute atomic E-state index is 11.9. The first-order valence-corrected chi connectivity index (χ1v) is 6.94. The number of quaternary nitrogens is 1. The SMILES string of the molecule is C[NH+]1CCC(C(=O)OCC2CCNCC2)CC1. The highest BCUT2D eigenvalue weighted by Crippen LogP contribution is 2.15. The van der Waals surface area contributed by atoms with Crippen LogP contribution in [0.2, 0.25) is 0 Å². The highest BCUT2D eigenvalue weighted by atomic mass is 16.5. The Bertz CT molecular complexity index is 244. The molecule has 17 heavy (non-hydrogen) atoms. The molecule has 2 aliphatic heterocycles. The van der Waals surface area contributed by atoms with Crippen molar-refractivity contribution in [3.63, 3.8) is 0 Å². The first-order chi connectivity index (χ1) is 8.25. The number of nitrogens with one attached hydrogen (secondary N) is 2. The molecule has 4 heteroatoms. The third-order valence-electron chi connectivity index (χ3n) is 4.09. The molecule has 0 aliphatic carbocycles. The van der Waals surface area contributed by atoms with E-state index in [0.29, 0.717) is 12.5 Å². The molecular formula is C13H25N2O2+. The molecule has 0 aromatic heterocycles. The summed E-state index contributed by atoms with van der Waals surface area (Å²) in [5.41, 5.74) is 0. The highest BCUT2D eigenvalue weighted by Gasteiger charge is 2.27. The van der Waals surface area contributed by atoms with E-state index < -0.39 is 0 Å². The van der Waals surface area contributed by atoms with E-state index in [0.717, 1.165) is 51.9 Å². The van der Waals surface area contributed by atoms with Gasteiger partial charge in [0.1, 0.15) is 0 Å². The summed E-state index contributed by atoms with van der Waals surface area (Å²) in [6, 6.07) is 0. The highest BCUT2D eigenvalue weighted by molar-refractivity contribution is 5.72. The van der Waals surface area contributed by atoms with Gasteiger partial charge < -0.3 is 15.0 Å². The first kappa shape index (κ1) is 12.8. The van der Waals surface area contributed by atoms with Crippen molar-refractivity contribution < 1.29 is 14.4 Å². The van der Waals surface area contributed by atoms with Gasteiger partial charge in [-0.2, -0.15) is 0 Å². The van der Waals surface area contributed by atoms with Gasteiger partial charge in [-0.1, -0.05) is 0 Å². The second-order valence-corrected chi connectivity index (χ2v) is 5.55. The van der Waals surface area contributed by atoms with Gasteiger partial charge >= 0.3 is 5.97 Å². The van der Waals surface area contributed by atoms with Gasteiger partial charge in [0, 0.05) is 12.8 Å². The van der Waals surface area contributed by atoms with Crippen molar-refractivity contribution in [3.8, 4) is 0 Å². The van der Waals surface area contributed by atoms with Crippen LogP contribution in [0.4, 0.5) is 0 Å². The zero-order valence-corrected chi connectivity index (χ0v) is 10.8. The van der Waals surface area contributed by atoms with Crippen molar-refractivity contribution in [1.29, 1.82) is 0 Å². The van der Waals surface area contributed by atoms with E-state index in [1.807, 2.05) is 0 Å². The summed E-state index contributed by atoms with van der Waals surface area (Å²) >= 11 is 0. The van der Waals surface area contributed by atoms with Crippen molar-refractivity contribution >= 4 is 5.97 Å². The number of hydrogen-bond acceptors (Lipinski definition) is 3. The molecule has 0 spiro atoms. The van der Waals surface area contributed by atoms with E-state index >= 15 is 0 Å². The lowest BCUT2D eigenvalue weighted by Gasteiger charge is -2.26. The van der Waals surface area contributed by atoms with Crippen LogP contribution >= 0.6 is 0 Å². The van der Waals surface area contributed by atoms with Gasteiger partial charge in [-0.15, -0.1) is 0 Å². The molecule has 98 valence electrons. The monoisotopic (exact) mass is 241 g/mol. The number of esters is 1. The zero-order valence-electron chi connectivity index (χ0n) is 10.8. The number of rotatable bonds is 3. The second kappa shape index (κ2) is 6.36. The average Bonchev–Trinajstić information content (AvgIpc) is 2.38. The van der Waals surface area contributed by atoms with Crippen LogP contribution in [-0.2, 0) is 9.53 Å². The number of hydrogen-bond donors (Lipinski definition) is 2. The van der Waals surface area contributed by atoms with E-state index in [9.17, 15) is 4.79 Å². The summed E-state index contributed by atoms with van der Waals surface area (Å²) < 4.78 is 5.48. The molecule has 0 unspecified atom stereocenters. The summed E-state index contributed by atoms with van der Waals surface area (Å²) in [5.74, 6) is 0.800. The van der Waals surface area contributed by atoms with Gasteiger partial charge in [-0.25, -0.2) is 0 Å². The Morgan fingerprint density at radius 2 is 1.88 bits per heavy atom. The van der Waals surface area contributed by atoms with Crippen LogP contribution in [0.1, 0.15) is 25.7 Å². The van der Waals surface area contributed by atoms with E-state index in [1.54, 1.807) is 0 Å². The summed E-state index contributed by atoms with van der Waals surface area (Å²) in [4.78, 5) is 13.4. The molecule has 0 saturated carbocycles. The summed E-state index contributed by atoms with van der Waals surface area (Å²) in [5, 5.41) is 3.33. The minimum atomic E-state index is 0.0519. The molecule has 0 aromatic rings. The molecular weight excluding hydrogens is 216 g/mol. The van der Waals surface area contributed by atoms with Crippen molar-refractivity contribution in [2.75, 3.05) is 39.8 Å². The molecule has 0 radical (unpaired) electrons. The Morgan fingerprint density at radius 3 is 2.53 bits per heavy atom. The largest absolute Gasteiger partial charge is 0.465 e. The fraction of sp³-hybridized carbons (Fsp3) is 0.923. The van der Waals surface area contributed by atoms with Crippen molar-refractivity contribution in [1.82, 2.24) is 5.32 Å². The van der Waals surface area contributed by atoms with E-state index in [1.165, 1.54) is 4.90 Å². The Hall–Kier alpha value is -0.610. The third-order valence-corrected chi connectivity index (χ3v) is 4.09. The number of carbonyl (C=O) groups excluding carboxylic acids is 1. The van der Waals surface area contributed by atoms with Crippen molar-refractivity contribution in [2.45, 2.75) is 25.7 Å². The minimum Gasteiger partial charge on any atom is -0.465 e. The molecule has 2 heterocycles. The average molecular weight is 241 g/mol. The van der Waals surface area contributed by atoms with Gasteiger partial charge in [0.15, 0.2) is 0 Å². The van der Waals surface area contributed by atoms with Gasteiger partial charge in [0.2, 0.25) is 0 Å². The summed E-state index contributed by atoms with van der Waals surface area (Å²) in [6.45, 7) is 4.99. The lowest BCUT2D eigenvalue weighted by Crippen LogP contribution is -3.10. The van der Waals surface area contributed by atoms with Crippen molar-refractivity contribution in [2.24, 2.45) is 11.8 Å². The van der Waals surface area contributed by atoms with Crippen LogP contribution in [-0.4, -0.2) is 45.8 Å². The second-order valence-electron chi connectivity index (χ2n) is 5.55. The van der Waals surface area contributed by atoms with Gasteiger partial charge in [-0.3, -0.25) is 4.79 Å². The first-order valence-electron chi connectivity index (χ1n) is 6.94. The standard InChI is InChI=1S/C13H24N2O2/c1-15-8-4-12(5-9-15)13(16)17-10-11-2-6-14-7-3-11/h11-12,14H,2-10H2,1H3/p+1. The van der Waals surface area contributed by atoms with Crippen LogP contribution in [0.25, 0.3) is 0 Å². The topological polar surface area (TPSA) is 42.8 Å². The van der Waals surface area contributed by atoms with Crippen LogP contribution in [0.15, 0.2) is 0 Å². The number of carbonyl (C=O) groups is 1. The number of likely N-dealkylation sites (tertiary alicyclic amines) is 1. The molecule has 0 atom stereocenters.